The van der Waals surface area contributed by atoms with Crippen molar-refractivity contribution >= 4 is 5.91 Å². The number of nitrogens with one attached hydrogen (secondary N) is 1. The Kier molecular flexibility index (Phi) is 8.33. The third-order valence-electron chi connectivity index (χ3n) is 2.65. The number of rotatable bonds is 8. The molecule has 4 heteroatoms. The van der Waals surface area contributed by atoms with Crippen LogP contribution in [-0.2, 0) is 4.79 Å². The van der Waals surface area contributed by atoms with Gasteiger partial charge >= 0.3 is 0 Å². The molecular formula is C11H24N2O2. The Balaban J connectivity index is 3.64. The minimum absolute atomic E-state index is 0.0667. The molecule has 0 saturated heterocycles. The summed E-state index contributed by atoms with van der Waals surface area (Å²) in [4.78, 5) is 11.5. The number of aliphatic hydroxyl groups is 1. The Bertz CT molecular complexity index is 170. The number of carbonyl (C=O) groups excluding carboxylic acids is 1. The van der Waals surface area contributed by atoms with Gasteiger partial charge in [-0.25, -0.2) is 0 Å². The Hall–Kier alpha value is -0.610. The minimum Gasteiger partial charge on any atom is -0.396 e. The van der Waals surface area contributed by atoms with Gasteiger partial charge in [0.15, 0.2) is 0 Å². The Morgan fingerprint density at radius 3 is 2.67 bits per heavy atom. The summed E-state index contributed by atoms with van der Waals surface area (Å²) in [6.45, 7) is 5.43. The molecule has 15 heavy (non-hydrogen) atoms. The van der Waals surface area contributed by atoms with Crippen LogP contribution in [-0.4, -0.2) is 30.7 Å². The highest BCUT2D eigenvalue weighted by atomic mass is 16.3. The average Bonchev–Trinajstić information content (AvgIpc) is 2.23. The summed E-state index contributed by atoms with van der Waals surface area (Å²) in [6, 6.07) is 0. The van der Waals surface area contributed by atoms with Gasteiger partial charge in [-0.1, -0.05) is 20.3 Å². The molecular weight excluding hydrogens is 192 g/mol. The Morgan fingerprint density at radius 1 is 1.53 bits per heavy atom. The van der Waals surface area contributed by atoms with E-state index in [1.165, 1.54) is 0 Å². The fraction of sp³-hybridized carbons (Fsp3) is 0.909. The van der Waals surface area contributed by atoms with Crippen LogP contribution in [0.4, 0.5) is 0 Å². The lowest BCUT2D eigenvalue weighted by Gasteiger charge is -2.14. The molecule has 0 aliphatic heterocycles. The molecule has 0 saturated carbocycles. The summed E-state index contributed by atoms with van der Waals surface area (Å²) in [5.41, 5.74) is 5.52. The summed E-state index contributed by atoms with van der Waals surface area (Å²) in [6.07, 6.45) is 2.18. The van der Waals surface area contributed by atoms with Crippen LogP contribution in [0.25, 0.3) is 0 Å². The monoisotopic (exact) mass is 216 g/mol. The number of hydrogen-bond donors (Lipinski definition) is 3. The topological polar surface area (TPSA) is 75.4 Å². The van der Waals surface area contributed by atoms with Gasteiger partial charge < -0.3 is 16.2 Å². The van der Waals surface area contributed by atoms with Gasteiger partial charge in [-0.2, -0.15) is 0 Å². The predicted octanol–water partition coefficient (Wildman–Crippen LogP) is 0.496. The van der Waals surface area contributed by atoms with E-state index in [1.807, 2.05) is 13.8 Å². The van der Waals surface area contributed by atoms with E-state index in [2.05, 4.69) is 5.32 Å². The summed E-state index contributed by atoms with van der Waals surface area (Å²) < 4.78 is 0. The number of amides is 1. The van der Waals surface area contributed by atoms with Crippen LogP contribution in [0.1, 0.15) is 33.1 Å². The van der Waals surface area contributed by atoms with Gasteiger partial charge in [0, 0.05) is 19.6 Å². The highest BCUT2D eigenvalue weighted by molar-refractivity contribution is 5.76. The van der Waals surface area contributed by atoms with E-state index >= 15 is 0 Å². The summed E-state index contributed by atoms with van der Waals surface area (Å²) in [5.74, 6) is 0.687. The number of hydrogen-bond acceptors (Lipinski definition) is 3. The average molecular weight is 216 g/mol. The molecule has 0 bridgehead atoms. The maximum Gasteiger partial charge on any atom is 0.220 e. The first-order chi connectivity index (χ1) is 7.13. The quantitative estimate of drug-likeness (QED) is 0.553. The van der Waals surface area contributed by atoms with Crippen molar-refractivity contribution in [2.45, 2.75) is 33.1 Å². The molecule has 0 aliphatic carbocycles. The normalized spacial score (nSPS) is 14.7. The number of aliphatic hydroxyl groups excluding tert-OH is 1. The molecule has 4 N–H and O–H groups in total. The zero-order valence-corrected chi connectivity index (χ0v) is 9.83. The molecule has 0 fully saturated rings. The first-order valence-electron chi connectivity index (χ1n) is 5.71. The summed E-state index contributed by atoms with van der Waals surface area (Å²) in [5, 5.41) is 11.6. The maximum atomic E-state index is 11.5. The van der Waals surface area contributed by atoms with Gasteiger partial charge in [0.25, 0.3) is 0 Å². The van der Waals surface area contributed by atoms with E-state index < -0.39 is 0 Å². The molecule has 0 aromatic rings. The van der Waals surface area contributed by atoms with Crippen LogP contribution in [0.15, 0.2) is 0 Å². The zero-order valence-electron chi connectivity index (χ0n) is 9.83. The van der Waals surface area contributed by atoms with Gasteiger partial charge in [0.1, 0.15) is 0 Å². The van der Waals surface area contributed by atoms with Crippen LogP contribution in [0, 0.1) is 11.8 Å². The van der Waals surface area contributed by atoms with E-state index in [-0.39, 0.29) is 18.4 Å². The molecule has 0 aromatic carbocycles. The van der Waals surface area contributed by atoms with Crippen LogP contribution in [0.3, 0.4) is 0 Å². The zero-order chi connectivity index (χ0) is 11.7. The Labute approximate surface area is 92.2 Å². The lowest BCUT2D eigenvalue weighted by atomic mass is 10.0. The SMILES string of the molecule is CCC(CN)CC(=O)NCC(C)CCO. The van der Waals surface area contributed by atoms with Crippen molar-refractivity contribution in [1.29, 1.82) is 0 Å². The second-order valence-electron chi connectivity index (χ2n) is 4.14. The van der Waals surface area contributed by atoms with Crippen molar-refractivity contribution in [1.82, 2.24) is 5.32 Å². The van der Waals surface area contributed by atoms with Crippen molar-refractivity contribution in [2.75, 3.05) is 19.7 Å². The van der Waals surface area contributed by atoms with Crippen LogP contribution in [0.5, 0.6) is 0 Å². The van der Waals surface area contributed by atoms with E-state index in [0.717, 1.165) is 12.8 Å². The Morgan fingerprint density at radius 2 is 2.20 bits per heavy atom. The molecule has 0 heterocycles. The minimum atomic E-state index is 0.0667. The third-order valence-corrected chi connectivity index (χ3v) is 2.65. The predicted molar refractivity (Wildman–Crippen MR) is 61.3 cm³/mol. The largest absolute Gasteiger partial charge is 0.396 e. The van der Waals surface area contributed by atoms with Gasteiger partial charge in [-0.05, 0) is 24.8 Å². The van der Waals surface area contributed by atoms with Gasteiger partial charge in [0.2, 0.25) is 5.91 Å². The van der Waals surface area contributed by atoms with Crippen LogP contribution < -0.4 is 11.1 Å². The van der Waals surface area contributed by atoms with Crippen molar-refractivity contribution in [3.05, 3.63) is 0 Å². The lowest BCUT2D eigenvalue weighted by molar-refractivity contribution is -0.122. The van der Waals surface area contributed by atoms with Crippen molar-refractivity contribution < 1.29 is 9.90 Å². The molecule has 1 amide bonds. The molecule has 90 valence electrons. The van der Waals surface area contributed by atoms with Crippen molar-refractivity contribution in [2.24, 2.45) is 17.6 Å². The molecule has 0 spiro atoms. The second kappa shape index (κ2) is 8.68. The van der Waals surface area contributed by atoms with Gasteiger partial charge in [-0.3, -0.25) is 4.79 Å². The van der Waals surface area contributed by atoms with E-state index in [4.69, 9.17) is 10.8 Å². The fourth-order valence-electron chi connectivity index (χ4n) is 1.34. The van der Waals surface area contributed by atoms with E-state index in [1.54, 1.807) is 0 Å². The maximum absolute atomic E-state index is 11.5. The summed E-state index contributed by atoms with van der Waals surface area (Å²) >= 11 is 0. The van der Waals surface area contributed by atoms with Crippen molar-refractivity contribution in [3.63, 3.8) is 0 Å². The molecule has 2 unspecified atom stereocenters. The molecule has 2 atom stereocenters. The number of nitrogens with two attached hydrogens (primary N) is 1. The molecule has 0 aromatic heterocycles. The first-order valence-corrected chi connectivity index (χ1v) is 5.71. The lowest BCUT2D eigenvalue weighted by Crippen LogP contribution is -2.31. The molecule has 0 aliphatic rings. The fourth-order valence-corrected chi connectivity index (χ4v) is 1.34. The standard InChI is InChI=1S/C11H24N2O2/c1-3-10(7-12)6-11(15)13-8-9(2)4-5-14/h9-10,14H,3-8,12H2,1-2H3,(H,13,15). The summed E-state index contributed by atoms with van der Waals surface area (Å²) in [7, 11) is 0. The van der Waals surface area contributed by atoms with Crippen LogP contribution in [0.2, 0.25) is 0 Å². The second-order valence-corrected chi connectivity index (χ2v) is 4.14. The third kappa shape index (κ3) is 7.33. The number of carbonyl (C=O) groups is 1. The van der Waals surface area contributed by atoms with E-state index in [0.29, 0.717) is 25.4 Å². The van der Waals surface area contributed by atoms with Crippen molar-refractivity contribution in [3.8, 4) is 0 Å². The van der Waals surface area contributed by atoms with E-state index in [9.17, 15) is 4.79 Å². The smallest absolute Gasteiger partial charge is 0.220 e. The molecule has 0 radical (unpaired) electrons. The highest BCUT2D eigenvalue weighted by Gasteiger charge is 2.10. The van der Waals surface area contributed by atoms with Gasteiger partial charge in [0.05, 0.1) is 0 Å². The van der Waals surface area contributed by atoms with Gasteiger partial charge in [-0.15, -0.1) is 0 Å². The highest BCUT2D eigenvalue weighted by Crippen LogP contribution is 2.06. The molecule has 0 rings (SSSR count). The first kappa shape index (κ1) is 14.4. The van der Waals surface area contributed by atoms with Crippen LogP contribution >= 0.6 is 0 Å². The molecule has 4 nitrogen and oxygen atoms in total.